The van der Waals surface area contributed by atoms with Crippen LogP contribution in [0.3, 0.4) is 0 Å². The minimum Gasteiger partial charge on any atom is -0.468 e. The lowest BCUT2D eigenvalue weighted by atomic mass is 9.72. The Kier molecular flexibility index (Phi) is 6.54. The highest BCUT2D eigenvalue weighted by Gasteiger charge is 2.54. The number of methoxy groups -OCH3 is 1. The van der Waals surface area contributed by atoms with Crippen molar-refractivity contribution in [3.8, 4) is 0 Å². The maximum Gasteiger partial charge on any atom is 0.416 e. The molecule has 32 heavy (non-hydrogen) atoms. The first kappa shape index (κ1) is 23.6. The predicted molar refractivity (Wildman–Crippen MR) is 107 cm³/mol. The molecule has 0 N–H and O–H groups in total. The molecule has 7 nitrogen and oxygen atoms in total. The number of ether oxygens (including phenoxy) is 2. The van der Waals surface area contributed by atoms with Gasteiger partial charge in [-0.25, -0.2) is 4.68 Å². The van der Waals surface area contributed by atoms with Crippen LogP contribution in [0.5, 0.6) is 0 Å². The molecule has 0 unspecified atom stereocenters. The van der Waals surface area contributed by atoms with Gasteiger partial charge in [0.25, 0.3) is 0 Å². The van der Waals surface area contributed by atoms with Crippen LogP contribution in [0, 0.1) is 5.41 Å². The van der Waals surface area contributed by atoms with Crippen molar-refractivity contribution in [1.29, 1.82) is 0 Å². The molecule has 3 rings (SSSR count). The SMILES string of the molecule is C=C1C(=O)[C@](C)(C(=O)OC)[C@@H](CCc2cn(Cc3ccc(C(F)(F)F)cc3)nn2)O[C@H]1C. The lowest BCUT2D eigenvalue weighted by Crippen LogP contribution is -2.55. The van der Waals surface area contributed by atoms with Gasteiger partial charge >= 0.3 is 12.1 Å². The standard InChI is InChI=1S/C22H24F3N3O4/c1-13-14(2)32-18(21(3,19(13)29)20(30)31-4)10-9-17-12-28(27-26-17)11-15-5-7-16(8-6-15)22(23,24)25/h5-8,12,14,18H,1,9-11H2,2-4H3/t14-,18+,21+/m0/s1. The Morgan fingerprint density at radius 2 is 1.97 bits per heavy atom. The number of hydrogen-bond acceptors (Lipinski definition) is 6. The predicted octanol–water partition coefficient (Wildman–Crippen LogP) is 3.37. The van der Waals surface area contributed by atoms with Crippen molar-refractivity contribution in [2.75, 3.05) is 7.11 Å². The molecule has 1 aromatic heterocycles. The van der Waals surface area contributed by atoms with Gasteiger partial charge in [-0.15, -0.1) is 5.10 Å². The van der Waals surface area contributed by atoms with Gasteiger partial charge in [-0.05, 0) is 44.4 Å². The van der Waals surface area contributed by atoms with Crippen LogP contribution in [0.1, 0.15) is 37.1 Å². The summed E-state index contributed by atoms with van der Waals surface area (Å²) in [6.07, 6.45) is -3.29. The average molecular weight is 451 g/mol. The van der Waals surface area contributed by atoms with Crippen molar-refractivity contribution >= 4 is 11.8 Å². The molecular weight excluding hydrogens is 427 g/mol. The van der Waals surface area contributed by atoms with Gasteiger partial charge in [0, 0.05) is 11.8 Å². The number of alkyl halides is 3. The number of benzene rings is 1. The molecule has 0 spiro atoms. The highest BCUT2D eigenvalue weighted by Crippen LogP contribution is 2.39. The molecule has 0 amide bonds. The minimum absolute atomic E-state index is 0.219. The summed E-state index contributed by atoms with van der Waals surface area (Å²) in [6, 6.07) is 4.82. The highest BCUT2D eigenvalue weighted by atomic mass is 19.4. The molecule has 0 saturated carbocycles. The van der Waals surface area contributed by atoms with E-state index in [1.807, 2.05) is 0 Å². The van der Waals surface area contributed by atoms with Crippen molar-refractivity contribution in [3.05, 3.63) is 59.4 Å². The molecule has 1 saturated heterocycles. The number of ketones is 1. The molecule has 1 aromatic carbocycles. The van der Waals surface area contributed by atoms with E-state index in [4.69, 9.17) is 9.47 Å². The summed E-state index contributed by atoms with van der Waals surface area (Å²) >= 11 is 0. The van der Waals surface area contributed by atoms with Crippen molar-refractivity contribution < 1.29 is 32.2 Å². The summed E-state index contributed by atoms with van der Waals surface area (Å²) in [6.45, 7) is 7.17. The lowest BCUT2D eigenvalue weighted by Gasteiger charge is -2.41. The Balaban J connectivity index is 1.68. The molecule has 1 fully saturated rings. The van der Waals surface area contributed by atoms with Crippen LogP contribution in [0.4, 0.5) is 13.2 Å². The van der Waals surface area contributed by atoms with E-state index in [9.17, 15) is 22.8 Å². The third-order valence-electron chi connectivity index (χ3n) is 5.75. The monoisotopic (exact) mass is 451 g/mol. The minimum atomic E-state index is -4.38. The van der Waals surface area contributed by atoms with Gasteiger partial charge in [0.2, 0.25) is 0 Å². The van der Waals surface area contributed by atoms with Crippen LogP contribution in [-0.4, -0.2) is 46.1 Å². The van der Waals surface area contributed by atoms with Gasteiger partial charge in [-0.2, -0.15) is 13.2 Å². The average Bonchev–Trinajstić information content (AvgIpc) is 3.20. The Morgan fingerprint density at radius 3 is 2.56 bits per heavy atom. The van der Waals surface area contributed by atoms with Gasteiger partial charge < -0.3 is 9.47 Å². The Morgan fingerprint density at radius 1 is 1.31 bits per heavy atom. The van der Waals surface area contributed by atoms with Gasteiger partial charge in [0.1, 0.15) is 0 Å². The van der Waals surface area contributed by atoms with Gasteiger partial charge in [0.15, 0.2) is 11.2 Å². The number of esters is 1. The molecule has 2 aromatic rings. The number of carbonyl (C=O) groups excluding carboxylic acids is 2. The Labute approximate surface area is 183 Å². The highest BCUT2D eigenvalue weighted by molar-refractivity contribution is 6.13. The zero-order valence-corrected chi connectivity index (χ0v) is 18.0. The summed E-state index contributed by atoms with van der Waals surface area (Å²) < 4.78 is 50.3. The van der Waals surface area contributed by atoms with Crippen molar-refractivity contribution in [2.45, 2.75) is 51.6 Å². The van der Waals surface area contributed by atoms with Gasteiger partial charge in [-0.1, -0.05) is 23.9 Å². The summed E-state index contributed by atoms with van der Waals surface area (Å²) in [5, 5.41) is 8.09. The van der Waals surface area contributed by atoms with Crippen molar-refractivity contribution in [3.63, 3.8) is 0 Å². The number of aryl methyl sites for hydroxylation is 1. The fourth-order valence-corrected chi connectivity index (χ4v) is 3.72. The van der Waals surface area contributed by atoms with E-state index in [1.54, 1.807) is 13.1 Å². The number of rotatable bonds is 6. The smallest absolute Gasteiger partial charge is 0.416 e. The zero-order valence-electron chi connectivity index (χ0n) is 18.0. The molecule has 3 atom stereocenters. The van der Waals surface area contributed by atoms with Crippen molar-refractivity contribution in [1.82, 2.24) is 15.0 Å². The maximum atomic E-state index is 12.8. The summed E-state index contributed by atoms with van der Waals surface area (Å²) in [7, 11) is 1.21. The number of nitrogens with zero attached hydrogens (tertiary/aromatic N) is 3. The topological polar surface area (TPSA) is 83.3 Å². The fourth-order valence-electron chi connectivity index (χ4n) is 3.72. The zero-order chi connectivity index (χ0) is 23.7. The molecule has 0 radical (unpaired) electrons. The Bertz CT molecular complexity index is 1020. The third-order valence-corrected chi connectivity index (χ3v) is 5.75. The van der Waals surface area contributed by atoms with Gasteiger partial charge in [0.05, 0.1) is 37.1 Å². The molecule has 172 valence electrons. The first-order valence-electron chi connectivity index (χ1n) is 9.99. The summed E-state index contributed by atoms with van der Waals surface area (Å²) in [5.74, 6) is -1.09. The molecule has 1 aliphatic rings. The fraction of sp³-hybridized carbons (Fsp3) is 0.455. The van der Waals surface area contributed by atoms with Gasteiger partial charge in [-0.3, -0.25) is 9.59 Å². The van der Waals surface area contributed by atoms with E-state index >= 15 is 0 Å². The molecule has 0 aliphatic carbocycles. The van der Waals surface area contributed by atoms with E-state index in [2.05, 4.69) is 16.9 Å². The van der Waals surface area contributed by atoms with E-state index in [0.717, 1.165) is 12.1 Å². The maximum absolute atomic E-state index is 12.8. The quantitative estimate of drug-likeness (QED) is 0.381. The summed E-state index contributed by atoms with van der Waals surface area (Å²) in [4.78, 5) is 25.2. The number of aromatic nitrogens is 3. The normalized spacial score (nSPS) is 23.9. The van der Waals surface area contributed by atoms with Crippen LogP contribution in [0.15, 0.2) is 42.6 Å². The first-order valence-corrected chi connectivity index (χ1v) is 9.99. The van der Waals surface area contributed by atoms with Crippen LogP contribution < -0.4 is 0 Å². The van der Waals surface area contributed by atoms with Crippen LogP contribution >= 0.6 is 0 Å². The van der Waals surface area contributed by atoms with Crippen molar-refractivity contribution in [2.24, 2.45) is 5.41 Å². The van der Waals surface area contributed by atoms with E-state index in [1.165, 1.54) is 30.8 Å². The van der Waals surface area contributed by atoms with Crippen LogP contribution in [0.2, 0.25) is 0 Å². The summed E-state index contributed by atoms with van der Waals surface area (Å²) in [5.41, 5.74) is -0.766. The number of Topliss-reactive ketones (excluding diaryl/α,β-unsaturated/α-hetero) is 1. The Hall–Kier alpha value is -3.01. The third kappa shape index (κ3) is 4.59. The molecule has 10 heteroatoms. The second kappa shape index (κ2) is 8.85. The second-order valence-electron chi connectivity index (χ2n) is 7.96. The molecule has 0 bridgehead atoms. The van der Waals surface area contributed by atoms with E-state index < -0.39 is 41.1 Å². The lowest BCUT2D eigenvalue weighted by molar-refractivity contribution is -0.175. The second-order valence-corrected chi connectivity index (χ2v) is 7.96. The number of hydrogen-bond donors (Lipinski definition) is 0. The molecule has 1 aliphatic heterocycles. The first-order chi connectivity index (χ1) is 15.0. The van der Waals surface area contributed by atoms with Crippen LogP contribution in [-0.2, 0) is 38.2 Å². The van der Waals surface area contributed by atoms with Crippen LogP contribution in [0.25, 0.3) is 0 Å². The van der Waals surface area contributed by atoms with E-state index in [-0.39, 0.29) is 12.1 Å². The number of carbonyl (C=O) groups is 2. The largest absolute Gasteiger partial charge is 0.468 e. The molecule has 2 heterocycles. The van der Waals surface area contributed by atoms with E-state index in [0.29, 0.717) is 24.1 Å². The number of halogens is 3. The molecular formula is C22H24F3N3O4.